The van der Waals surface area contributed by atoms with Crippen LogP contribution in [0.5, 0.6) is 0 Å². The quantitative estimate of drug-likeness (QED) is 0.827. The maximum atomic E-state index is 5.97. The van der Waals surface area contributed by atoms with Gasteiger partial charge in [0.05, 0.1) is 6.54 Å². The first-order valence-electron chi connectivity index (χ1n) is 10.3. The van der Waals surface area contributed by atoms with Crippen LogP contribution in [0.25, 0.3) is 11.5 Å². The van der Waals surface area contributed by atoms with Crippen molar-refractivity contribution in [1.82, 2.24) is 20.0 Å². The minimum Gasteiger partial charge on any atom is -0.419 e. The maximum Gasteiger partial charge on any atom is 0.247 e. The normalized spacial score (nSPS) is 27.7. The summed E-state index contributed by atoms with van der Waals surface area (Å²) in [6.45, 7) is 6.16. The Hall–Kier alpha value is -1.76. The van der Waals surface area contributed by atoms with Crippen LogP contribution in [-0.4, -0.2) is 64.9 Å². The number of hydrogen-bond acceptors (Lipinski definition) is 6. The highest BCUT2D eigenvalue weighted by molar-refractivity contribution is 5.51. The minimum atomic E-state index is 0.596. The molecule has 4 saturated heterocycles. The molecule has 2 atom stereocenters. The molecule has 0 spiro atoms. The van der Waals surface area contributed by atoms with Crippen LogP contribution in [0.2, 0.25) is 0 Å². The molecular weight excluding hydrogens is 340 g/mol. The van der Waals surface area contributed by atoms with E-state index in [0.29, 0.717) is 18.0 Å². The van der Waals surface area contributed by atoms with Crippen molar-refractivity contribution in [3.8, 4) is 11.5 Å². The number of nitrogens with zero attached hydrogens (tertiary/aromatic N) is 4. The fraction of sp³-hybridized carbons (Fsp3) is 0.619. The van der Waals surface area contributed by atoms with Crippen LogP contribution in [0, 0.1) is 5.92 Å². The Kier molecular flexibility index (Phi) is 4.95. The molecule has 4 fully saturated rings. The highest BCUT2D eigenvalue weighted by Crippen LogP contribution is 2.31. The smallest absolute Gasteiger partial charge is 0.247 e. The highest BCUT2D eigenvalue weighted by atomic mass is 16.5. The standard InChI is InChI=1S/C21H28N4O2/c1-2-4-17(5-3-1)21-23-22-20(27-21)15-25-13-16-6-7-19(25)14-24(12-16)18-8-10-26-11-9-18/h1-5,16,18-19H,6-15H2/t16-,19+/m0/s1. The molecule has 5 heterocycles. The second-order valence-corrected chi connectivity index (χ2v) is 8.19. The summed E-state index contributed by atoms with van der Waals surface area (Å²) < 4.78 is 11.5. The fourth-order valence-corrected chi connectivity index (χ4v) is 4.95. The second-order valence-electron chi connectivity index (χ2n) is 8.19. The van der Waals surface area contributed by atoms with Crippen LogP contribution in [0.1, 0.15) is 31.6 Å². The SMILES string of the molecule is c1ccc(-c2nnc(CN3C[C@H]4CC[C@@H]3CN(C3CCOCC3)C4)o2)cc1. The molecule has 27 heavy (non-hydrogen) atoms. The summed E-state index contributed by atoms with van der Waals surface area (Å²) in [4.78, 5) is 5.32. The number of hydrogen-bond donors (Lipinski definition) is 0. The molecule has 2 aromatic rings. The van der Waals surface area contributed by atoms with Gasteiger partial charge in [0.1, 0.15) is 0 Å². The molecule has 6 heteroatoms. The van der Waals surface area contributed by atoms with Crippen LogP contribution in [0.15, 0.2) is 34.7 Å². The first-order chi connectivity index (χ1) is 13.3. The van der Waals surface area contributed by atoms with Crippen molar-refractivity contribution in [3.63, 3.8) is 0 Å². The van der Waals surface area contributed by atoms with Crippen LogP contribution in [-0.2, 0) is 11.3 Å². The van der Waals surface area contributed by atoms with E-state index in [0.717, 1.165) is 43.7 Å². The average molecular weight is 368 g/mol. The minimum absolute atomic E-state index is 0.596. The van der Waals surface area contributed by atoms with Crippen LogP contribution in [0.4, 0.5) is 0 Å². The molecule has 0 saturated carbocycles. The van der Waals surface area contributed by atoms with Crippen molar-refractivity contribution in [1.29, 1.82) is 0 Å². The molecule has 0 unspecified atom stereocenters. The Balaban J connectivity index is 1.27. The van der Waals surface area contributed by atoms with Gasteiger partial charge in [-0.3, -0.25) is 9.80 Å². The lowest BCUT2D eigenvalue weighted by atomic mass is 9.95. The van der Waals surface area contributed by atoms with Gasteiger partial charge in [-0.25, -0.2) is 0 Å². The Morgan fingerprint density at radius 2 is 1.74 bits per heavy atom. The van der Waals surface area contributed by atoms with E-state index < -0.39 is 0 Å². The van der Waals surface area contributed by atoms with Gasteiger partial charge in [-0.1, -0.05) is 18.2 Å². The first kappa shape index (κ1) is 17.3. The third-order valence-electron chi connectivity index (χ3n) is 6.39. The van der Waals surface area contributed by atoms with E-state index in [9.17, 15) is 0 Å². The molecule has 0 amide bonds. The molecule has 2 bridgehead atoms. The van der Waals surface area contributed by atoms with E-state index in [2.05, 4.69) is 20.0 Å². The van der Waals surface area contributed by atoms with Crippen molar-refractivity contribution < 1.29 is 9.15 Å². The summed E-state index contributed by atoms with van der Waals surface area (Å²) in [5.41, 5.74) is 0.985. The molecule has 0 radical (unpaired) electrons. The predicted octanol–water partition coefficient (Wildman–Crippen LogP) is 2.81. The maximum absolute atomic E-state index is 5.97. The number of aromatic nitrogens is 2. The number of rotatable bonds is 4. The lowest BCUT2D eigenvalue weighted by Gasteiger charge is -2.36. The van der Waals surface area contributed by atoms with E-state index in [1.807, 2.05) is 30.3 Å². The Morgan fingerprint density at radius 1 is 0.889 bits per heavy atom. The predicted molar refractivity (Wildman–Crippen MR) is 102 cm³/mol. The fourth-order valence-electron chi connectivity index (χ4n) is 4.95. The molecule has 144 valence electrons. The van der Waals surface area contributed by atoms with Gasteiger partial charge in [0.15, 0.2) is 0 Å². The molecule has 1 aromatic carbocycles. The Labute approximate surface area is 160 Å². The van der Waals surface area contributed by atoms with Crippen LogP contribution >= 0.6 is 0 Å². The van der Waals surface area contributed by atoms with Crippen molar-refractivity contribution in [3.05, 3.63) is 36.2 Å². The van der Waals surface area contributed by atoms with Gasteiger partial charge in [0, 0.05) is 50.5 Å². The lowest BCUT2D eigenvalue weighted by Crippen LogP contribution is -2.45. The molecule has 6 rings (SSSR count). The molecule has 0 aliphatic carbocycles. The van der Waals surface area contributed by atoms with Crippen molar-refractivity contribution in [2.24, 2.45) is 5.92 Å². The number of benzene rings is 1. The average Bonchev–Trinajstić information content (AvgIpc) is 3.00. The van der Waals surface area contributed by atoms with Crippen LogP contribution < -0.4 is 0 Å². The van der Waals surface area contributed by atoms with Crippen molar-refractivity contribution in [2.75, 3.05) is 32.8 Å². The van der Waals surface area contributed by atoms with Gasteiger partial charge >= 0.3 is 0 Å². The first-order valence-corrected chi connectivity index (χ1v) is 10.3. The molecular formula is C21H28N4O2. The Morgan fingerprint density at radius 3 is 2.59 bits per heavy atom. The van der Waals surface area contributed by atoms with Gasteiger partial charge in [-0.15, -0.1) is 10.2 Å². The topological polar surface area (TPSA) is 54.6 Å². The largest absolute Gasteiger partial charge is 0.419 e. The lowest BCUT2D eigenvalue weighted by molar-refractivity contribution is 0.0305. The zero-order chi connectivity index (χ0) is 18.1. The third-order valence-corrected chi connectivity index (χ3v) is 6.39. The summed E-state index contributed by atoms with van der Waals surface area (Å²) >= 11 is 0. The Bertz CT molecular complexity index is 744. The summed E-state index contributed by atoms with van der Waals surface area (Å²) in [7, 11) is 0. The van der Waals surface area contributed by atoms with Crippen molar-refractivity contribution in [2.45, 2.75) is 44.3 Å². The zero-order valence-corrected chi connectivity index (χ0v) is 15.8. The van der Waals surface area contributed by atoms with Gasteiger partial charge in [-0.05, 0) is 43.7 Å². The number of fused-ring (bicyclic) bond motifs is 4. The number of ether oxygens (including phenoxy) is 1. The molecule has 0 N–H and O–H groups in total. The number of piperidine rings is 1. The summed E-state index contributed by atoms with van der Waals surface area (Å²) in [6, 6.07) is 11.3. The van der Waals surface area contributed by atoms with Gasteiger partial charge in [-0.2, -0.15) is 0 Å². The monoisotopic (exact) mass is 368 g/mol. The van der Waals surface area contributed by atoms with Crippen LogP contribution in [0.3, 0.4) is 0 Å². The molecule has 4 aliphatic heterocycles. The highest BCUT2D eigenvalue weighted by Gasteiger charge is 2.37. The van der Waals surface area contributed by atoms with Gasteiger partial charge < -0.3 is 9.15 Å². The zero-order valence-electron chi connectivity index (χ0n) is 15.8. The van der Waals surface area contributed by atoms with E-state index in [-0.39, 0.29) is 0 Å². The van der Waals surface area contributed by atoms with E-state index in [1.165, 1.54) is 38.8 Å². The van der Waals surface area contributed by atoms with Gasteiger partial charge in [0.25, 0.3) is 0 Å². The summed E-state index contributed by atoms with van der Waals surface area (Å²) in [5.74, 6) is 2.11. The van der Waals surface area contributed by atoms with Crippen molar-refractivity contribution >= 4 is 0 Å². The van der Waals surface area contributed by atoms with E-state index in [4.69, 9.17) is 9.15 Å². The van der Waals surface area contributed by atoms with E-state index in [1.54, 1.807) is 0 Å². The third kappa shape index (κ3) is 3.79. The summed E-state index contributed by atoms with van der Waals surface area (Å²) in [6.07, 6.45) is 5.00. The van der Waals surface area contributed by atoms with E-state index >= 15 is 0 Å². The second kappa shape index (κ2) is 7.70. The molecule has 1 aromatic heterocycles. The molecule has 4 aliphatic rings. The van der Waals surface area contributed by atoms with Gasteiger partial charge in [0.2, 0.25) is 11.8 Å². The molecule has 6 nitrogen and oxygen atoms in total. The summed E-state index contributed by atoms with van der Waals surface area (Å²) in [5, 5.41) is 8.58.